The molecule has 0 aromatic rings. The number of carbonyl (C=O) groups excluding carboxylic acids is 1. The Balaban J connectivity index is 3.90. The van der Waals surface area contributed by atoms with E-state index in [9.17, 15) is 19.4 Å². The van der Waals surface area contributed by atoms with Gasteiger partial charge < -0.3 is 34.0 Å². The maximum atomic E-state index is 12.8. The van der Waals surface area contributed by atoms with Crippen LogP contribution in [0.1, 0.15) is 117 Å². The molecule has 0 aromatic heterocycles. The minimum absolute atomic E-state index is 0.0533. The Hall–Kier alpha value is -1.06. The van der Waals surface area contributed by atoms with Crippen LogP contribution in [0, 0.1) is 0 Å². The zero-order chi connectivity index (χ0) is 31.0. The van der Waals surface area contributed by atoms with Crippen molar-refractivity contribution in [2.45, 2.75) is 135 Å². The maximum absolute atomic E-state index is 12.8. The number of unbranched alkanes of at least 4 members (excludes halogenated alkanes) is 10. The summed E-state index contributed by atoms with van der Waals surface area (Å²) in [5.41, 5.74) is 0. The van der Waals surface area contributed by atoms with Gasteiger partial charge in [0.05, 0.1) is 27.2 Å². The number of nitrogens with zero attached hydrogens (tertiary/aromatic N) is 1. The lowest BCUT2D eigenvalue weighted by Gasteiger charge is -2.39. The first kappa shape index (κ1) is 39.9. The Kier molecular flexibility index (Phi) is 23.8. The Morgan fingerprint density at radius 2 is 1.32 bits per heavy atom. The lowest BCUT2D eigenvalue weighted by Crippen LogP contribution is -2.50. The molecule has 0 fully saturated rings. The fourth-order valence-electron chi connectivity index (χ4n) is 4.71. The number of quaternary nitrogens is 1. The van der Waals surface area contributed by atoms with E-state index in [1.54, 1.807) is 21.0 Å². The van der Waals surface area contributed by atoms with Crippen LogP contribution in [0.4, 0.5) is 0 Å². The SMILES string of the molecule is CCC/C=C\CCCC/C=C\CCCCCCCCC(=O)OC[C@@H](O)COP(=O)(O)C(CC)[N+](C)(C)CCC(O)O. The summed E-state index contributed by atoms with van der Waals surface area (Å²) in [6.07, 6.45) is 21.9. The van der Waals surface area contributed by atoms with Crippen molar-refractivity contribution in [2.75, 3.05) is 33.9 Å². The number of hydrogen-bond acceptors (Lipinski definition) is 7. The van der Waals surface area contributed by atoms with Crippen LogP contribution in [0.25, 0.3) is 0 Å². The van der Waals surface area contributed by atoms with Crippen molar-refractivity contribution < 1.29 is 43.3 Å². The summed E-state index contributed by atoms with van der Waals surface area (Å²) in [6, 6.07) is 0. The van der Waals surface area contributed by atoms with Gasteiger partial charge in [0.25, 0.3) is 0 Å². The molecule has 4 N–H and O–H groups in total. The van der Waals surface area contributed by atoms with Gasteiger partial charge in [-0.15, -0.1) is 0 Å². The van der Waals surface area contributed by atoms with E-state index in [1.165, 1.54) is 51.4 Å². The maximum Gasteiger partial charge on any atom is 0.385 e. The monoisotopic (exact) mass is 606 g/mol. The van der Waals surface area contributed by atoms with E-state index in [2.05, 4.69) is 31.2 Å². The van der Waals surface area contributed by atoms with Crippen LogP contribution < -0.4 is 0 Å². The number of rotatable bonds is 27. The predicted octanol–water partition coefficient (Wildman–Crippen LogP) is 6.20. The lowest BCUT2D eigenvalue weighted by atomic mass is 10.1. The van der Waals surface area contributed by atoms with E-state index >= 15 is 0 Å². The van der Waals surface area contributed by atoms with Crippen LogP contribution in [-0.4, -0.2) is 82.7 Å². The fourth-order valence-corrected chi connectivity index (χ4v) is 6.63. The normalized spacial score (nSPS) is 15.5. The molecule has 9 nitrogen and oxygen atoms in total. The highest BCUT2D eigenvalue weighted by Gasteiger charge is 2.43. The van der Waals surface area contributed by atoms with Gasteiger partial charge in [0.2, 0.25) is 0 Å². The van der Waals surface area contributed by atoms with Crippen LogP contribution in [0.3, 0.4) is 0 Å². The summed E-state index contributed by atoms with van der Waals surface area (Å²) in [6.45, 7) is 3.48. The molecule has 0 saturated heterocycles. The van der Waals surface area contributed by atoms with E-state index in [-0.39, 0.29) is 30.5 Å². The average molecular weight is 607 g/mol. The Morgan fingerprint density at radius 1 is 0.805 bits per heavy atom. The Bertz CT molecular complexity index is 756. The van der Waals surface area contributed by atoms with E-state index in [0.717, 1.165) is 32.1 Å². The summed E-state index contributed by atoms with van der Waals surface area (Å²) in [7, 11) is -0.694. The van der Waals surface area contributed by atoms with Crippen molar-refractivity contribution in [1.82, 2.24) is 0 Å². The quantitative estimate of drug-likeness (QED) is 0.0217. The predicted molar refractivity (Wildman–Crippen MR) is 165 cm³/mol. The number of aliphatic hydroxyl groups is 3. The van der Waals surface area contributed by atoms with E-state index in [0.29, 0.717) is 6.42 Å². The summed E-state index contributed by atoms with van der Waals surface area (Å²) >= 11 is 0. The standard InChI is InChI=1S/C31H60NO8P/c1-5-7-8-9-10-11-12-13-14-15-16-17-18-19-20-21-22-23-31(36)39-26-28(33)27-40-41(37,38)29(6-2)32(3,4)25-24-30(34)35/h8-9,14-15,28-30,33-35H,5-7,10-13,16-27H2,1-4H3/p+1/b9-8-,15-14-/t28-,29?/m1/s1. The van der Waals surface area contributed by atoms with Crippen molar-refractivity contribution >= 4 is 13.6 Å². The van der Waals surface area contributed by atoms with Gasteiger partial charge in [0.15, 0.2) is 12.1 Å². The molecule has 242 valence electrons. The first-order valence-electron chi connectivity index (χ1n) is 15.8. The van der Waals surface area contributed by atoms with Crippen molar-refractivity contribution in [1.29, 1.82) is 0 Å². The second kappa shape index (κ2) is 24.4. The average Bonchev–Trinajstić information content (AvgIpc) is 2.91. The minimum atomic E-state index is -4.13. The molecular formula is C31H61NO8P+. The van der Waals surface area contributed by atoms with Gasteiger partial charge in [-0.25, -0.2) is 0 Å². The molecule has 0 spiro atoms. The largest absolute Gasteiger partial charge is 0.463 e. The molecule has 0 aliphatic heterocycles. The third-order valence-corrected chi connectivity index (χ3v) is 9.45. The lowest BCUT2D eigenvalue weighted by molar-refractivity contribution is -0.903. The van der Waals surface area contributed by atoms with Gasteiger partial charge in [-0.2, -0.15) is 0 Å². The van der Waals surface area contributed by atoms with Gasteiger partial charge in [0.1, 0.15) is 12.7 Å². The second-order valence-electron chi connectivity index (χ2n) is 11.5. The second-order valence-corrected chi connectivity index (χ2v) is 13.5. The molecule has 2 unspecified atom stereocenters. The summed E-state index contributed by atoms with van der Waals surface area (Å²) < 4.78 is 23.2. The van der Waals surface area contributed by atoms with Crippen molar-refractivity contribution in [3.8, 4) is 0 Å². The third-order valence-electron chi connectivity index (χ3n) is 7.18. The molecule has 0 aliphatic carbocycles. The van der Waals surface area contributed by atoms with E-state index in [4.69, 9.17) is 19.5 Å². The number of carbonyl (C=O) groups is 1. The van der Waals surface area contributed by atoms with Crippen LogP contribution in [-0.2, 0) is 18.6 Å². The number of esters is 1. The van der Waals surface area contributed by atoms with E-state index < -0.39 is 38.3 Å². The highest BCUT2D eigenvalue weighted by atomic mass is 31.2. The smallest absolute Gasteiger partial charge is 0.385 e. The fraction of sp³-hybridized carbons (Fsp3) is 0.839. The number of aliphatic hydroxyl groups excluding tert-OH is 2. The molecular weight excluding hydrogens is 545 g/mol. The molecule has 0 aliphatic rings. The number of allylic oxidation sites excluding steroid dienone is 4. The number of hydrogen-bond donors (Lipinski definition) is 4. The Labute approximate surface area is 249 Å². The van der Waals surface area contributed by atoms with Crippen LogP contribution in [0.2, 0.25) is 0 Å². The number of ether oxygens (including phenoxy) is 1. The molecule has 41 heavy (non-hydrogen) atoms. The van der Waals surface area contributed by atoms with Gasteiger partial charge in [-0.3, -0.25) is 9.36 Å². The molecule has 0 radical (unpaired) electrons. The molecule has 0 heterocycles. The molecule has 0 aromatic carbocycles. The third kappa shape index (κ3) is 22.2. The molecule has 0 bridgehead atoms. The van der Waals surface area contributed by atoms with Crippen molar-refractivity contribution in [3.05, 3.63) is 24.3 Å². The first-order chi connectivity index (χ1) is 19.5. The molecule has 0 rings (SSSR count). The van der Waals surface area contributed by atoms with Crippen LogP contribution >= 0.6 is 7.60 Å². The molecule has 0 saturated carbocycles. The molecule has 0 amide bonds. The Morgan fingerprint density at radius 3 is 1.85 bits per heavy atom. The van der Waals surface area contributed by atoms with E-state index in [1.807, 2.05) is 0 Å². The summed E-state index contributed by atoms with van der Waals surface area (Å²) in [5, 5.41) is 28.4. The molecule has 10 heteroatoms. The summed E-state index contributed by atoms with van der Waals surface area (Å²) in [5.74, 6) is -1.20. The highest BCUT2D eigenvalue weighted by molar-refractivity contribution is 7.53. The minimum Gasteiger partial charge on any atom is -0.463 e. The zero-order valence-electron chi connectivity index (χ0n) is 26.3. The van der Waals surface area contributed by atoms with Crippen molar-refractivity contribution in [3.63, 3.8) is 0 Å². The van der Waals surface area contributed by atoms with Gasteiger partial charge >= 0.3 is 13.6 Å². The topological polar surface area (TPSA) is 134 Å². The summed E-state index contributed by atoms with van der Waals surface area (Å²) in [4.78, 5) is 22.5. The van der Waals surface area contributed by atoms with Gasteiger partial charge in [-0.05, 0) is 51.4 Å². The van der Waals surface area contributed by atoms with Crippen LogP contribution in [0.15, 0.2) is 24.3 Å². The van der Waals surface area contributed by atoms with Crippen molar-refractivity contribution in [2.24, 2.45) is 0 Å². The van der Waals surface area contributed by atoms with Crippen LogP contribution in [0.5, 0.6) is 0 Å². The first-order valence-corrected chi connectivity index (χ1v) is 17.4. The highest BCUT2D eigenvalue weighted by Crippen LogP contribution is 2.52. The zero-order valence-corrected chi connectivity index (χ0v) is 27.2. The van der Waals surface area contributed by atoms with Gasteiger partial charge in [0, 0.05) is 19.3 Å². The molecule has 3 atom stereocenters. The van der Waals surface area contributed by atoms with Gasteiger partial charge in [-0.1, -0.05) is 70.3 Å².